The van der Waals surface area contributed by atoms with Gasteiger partial charge in [-0.05, 0) is 31.9 Å². The van der Waals surface area contributed by atoms with E-state index in [-0.39, 0.29) is 11.9 Å². The first kappa shape index (κ1) is 17.4. The molecule has 0 saturated carbocycles. The molecule has 6 heteroatoms. The number of benzene rings is 1. The van der Waals surface area contributed by atoms with Crippen LogP contribution in [-0.4, -0.2) is 58.5 Å². The molecule has 0 bridgehead atoms. The number of ether oxygens (including phenoxy) is 1. The van der Waals surface area contributed by atoms with Gasteiger partial charge in [0.2, 0.25) is 10.0 Å². The maximum atomic E-state index is 12.0. The molecular formula is C16H26N2O3S. The number of sulfonamides is 1. The number of aryl methyl sites for hydroxylation is 1. The summed E-state index contributed by atoms with van der Waals surface area (Å²) in [7, 11) is -1.13. The summed E-state index contributed by atoms with van der Waals surface area (Å²) in [6, 6.07) is 9.97. The molecule has 1 fully saturated rings. The van der Waals surface area contributed by atoms with E-state index in [0.717, 1.165) is 32.5 Å². The van der Waals surface area contributed by atoms with Crippen LogP contribution in [0.25, 0.3) is 0 Å². The third kappa shape index (κ3) is 6.44. The predicted octanol–water partition coefficient (Wildman–Crippen LogP) is 1.26. The molecule has 1 aromatic carbocycles. The third-order valence-corrected chi connectivity index (χ3v) is 5.32. The summed E-state index contributed by atoms with van der Waals surface area (Å²) in [5, 5.41) is 0. The van der Waals surface area contributed by atoms with Gasteiger partial charge in [0.1, 0.15) is 0 Å². The van der Waals surface area contributed by atoms with E-state index in [4.69, 9.17) is 4.74 Å². The zero-order valence-electron chi connectivity index (χ0n) is 13.2. The molecule has 0 aliphatic carbocycles. The van der Waals surface area contributed by atoms with E-state index in [2.05, 4.69) is 16.7 Å². The lowest BCUT2D eigenvalue weighted by Crippen LogP contribution is -2.41. The van der Waals surface area contributed by atoms with Crippen molar-refractivity contribution in [3.05, 3.63) is 35.9 Å². The number of likely N-dealkylation sites (N-methyl/N-ethyl adjacent to an activating group) is 1. The molecule has 0 amide bonds. The SMILES string of the molecule is CN1CCOC(CCNS(=O)(=O)CCCc2ccccc2)C1. The highest BCUT2D eigenvalue weighted by Gasteiger charge is 2.18. The average molecular weight is 326 g/mol. The van der Waals surface area contributed by atoms with Crippen molar-refractivity contribution >= 4 is 10.0 Å². The quantitative estimate of drug-likeness (QED) is 0.781. The Morgan fingerprint density at radius 1 is 1.32 bits per heavy atom. The molecule has 1 aliphatic rings. The van der Waals surface area contributed by atoms with Crippen molar-refractivity contribution in [2.75, 3.05) is 39.0 Å². The Bertz CT molecular complexity index is 534. The number of nitrogens with zero attached hydrogens (tertiary/aromatic N) is 1. The minimum Gasteiger partial charge on any atom is -0.376 e. The average Bonchev–Trinajstić information content (AvgIpc) is 2.48. The van der Waals surface area contributed by atoms with Gasteiger partial charge < -0.3 is 9.64 Å². The topological polar surface area (TPSA) is 58.6 Å². The Morgan fingerprint density at radius 3 is 2.82 bits per heavy atom. The zero-order valence-corrected chi connectivity index (χ0v) is 14.0. The molecule has 5 nitrogen and oxygen atoms in total. The van der Waals surface area contributed by atoms with Gasteiger partial charge >= 0.3 is 0 Å². The maximum Gasteiger partial charge on any atom is 0.211 e. The first-order valence-electron chi connectivity index (χ1n) is 7.86. The van der Waals surface area contributed by atoms with Crippen molar-refractivity contribution in [2.24, 2.45) is 0 Å². The molecule has 0 spiro atoms. The fourth-order valence-corrected chi connectivity index (χ4v) is 3.70. The van der Waals surface area contributed by atoms with Crippen molar-refractivity contribution in [3.8, 4) is 0 Å². The first-order valence-corrected chi connectivity index (χ1v) is 9.52. The van der Waals surface area contributed by atoms with Gasteiger partial charge in [0.05, 0.1) is 18.5 Å². The highest BCUT2D eigenvalue weighted by atomic mass is 32.2. The van der Waals surface area contributed by atoms with Gasteiger partial charge in [0, 0.05) is 19.6 Å². The van der Waals surface area contributed by atoms with E-state index in [9.17, 15) is 8.42 Å². The van der Waals surface area contributed by atoms with Crippen LogP contribution in [0.5, 0.6) is 0 Å². The summed E-state index contributed by atoms with van der Waals surface area (Å²) in [5.41, 5.74) is 1.18. The largest absolute Gasteiger partial charge is 0.376 e. The Kier molecular flexibility index (Phi) is 6.82. The lowest BCUT2D eigenvalue weighted by molar-refractivity contribution is -0.0222. The Morgan fingerprint density at radius 2 is 2.09 bits per heavy atom. The van der Waals surface area contributed by atoms with Gasteiger partial charge in [-0.25, -0.2) is 13.1 Å². The molecule has 0 radical (unpaired) electrons. The van der Waals surface area contributed by atoms with Gasteiger partial charge in [0.25, 0.3) is 0 Å². The normalized spacial score (nSPS) is 20.1. The number of morpholine rings is 1. The fraction of sp³-hybridized carbons (Fsp3) is 0.625. The van der Waals surface area contributed by atoms with Gasteiger partial charge in [-0.1, -0.05) is 30.3 Å². The van der Waals surface area contributed by atoms with E-state index >= 15 is 0 Å². The lowest BCUT2D eigenvalue weighted by Gasteiger charge is -2.30. The number of hydrogen-bond donors (Lipinski definition) is 1. The Balaban J connectivity index is 1.63. The summed E-state index contributed by atoms with van der Waals surface area (Å²) in [5.74, 6) is 0.174. The van der Waals surface area contributed by atoms with Crippen LogP contribution < -0.4 is 4.72 Å². The minimum absolute atomic E-state index is 0.130. The van der Waals surface area contributed by atoms with Crippen LogP contribution in [0.2, 0.25) is 0 Å². The minimum atomic E-state index is -3.19. The molecule has 1 aliphatic heterocycles. The van der Waals surface area contributed by atoms with Crippen LogP contribution in [0.3, 0.4) is 0 Å². The molecule has 2 rings (SSSR count). The predicted molar refractivity (Wildman–Crippen MR) is 88.4 cm³/mol. The highest BCUT2D eigenvalue weighted by Crippen LogP contribution is 2.07. The summed E-state index contributed by atoms with van der Waals surface area (Å²) in [6.07, 6.45) is 2.29. The third-order valence-electron chi connectivity index (χ3n) is 3.85. The summed E-state index contributed by atoms with van der Waals surface area (Å²) >= 11 is 0. The summed E-state index contributed by atoms with van der Waals surface area (Å²) in [6.45, 7) is 2.99. The van der Waals surface area contributed by atoms with Crippen LogP contribution in [-0.2, 0) is 21.2 Å². The second-order valence-electron chi connectivity index (χ2n) is 5.85. The second kappa shape index (κ2) is 8.62. The number of nitrogens with one attached hydrogen (secondary N) is 1. The van der Waals surface area contributed by atoms with E-state index < -0.39 is 10.0 Å². The van der Waals surface area contributed by atoms with Crippen LogP contribution in [0.4, 0.5) is 0 Å². The molecule has 1 atom stereocenters. The van der Waals surface area contributed by atoms with Crippen LogP contribution in [0.1, 0.15) is 18.4 Å². The standard InChI is InChI=1S/C16H26N2O3S/c1-18-11-12-21-16(14-18)9-10-17-22(19,20)13-5-8-15-6-3-2-4-7-15/h2-4,6-7,16-17H,5,8-14H2,1H3. The highest BCUT2D eigenvalue weighted by molar-refractivity contribution is 7.89. The monoisotopic (exact) mass is 326 g/mol. The van der Waals surface area contributed by atoms with Crippen molar-refractivity contribution in [2.45, 2.75) is 25.4 Å². The molecule has 0 aromatic heterocycles. The van der Waals surface area contributed by atoms with Crippen molar-refractivity contribution in [1.82, 2.24) is 9.62 Å². The Hall–Kier alpha value is -0.950. The second-order valence-corrected chi connectivity index (χ2v) is 7.77. The maximum absolute atomic E-state index is 12.0. The smallest absolute Gasteiger partial charge is 0.211 e. The van der Waals surface area contributed by atoms with E-state index in [1.54, 1.807) is 0 Å². The molecule has 22 heavy (non-hydrogen) atoms. The molecule has 1 N–H and O–H groups in total. The van der Waals surface area contributed by atoms with Crippen LogP contribution in [0.15, 0.2) is 30.3 Å². The van der Waals surface area contributed by atoms with E-state index in [1.807, 2.05) is 30.3 Å². The molecule has 124 valence electrons. The van der Waals surface area contributed by atoms with Crippen molar-refractivity contribution in [3.63, 3.8) is 0 Å². The van der Waals surface area contributed by atoms with E-state index in [0.29, 0.717) is 13.0 Å². The molecule has 1 unspecified atom stereocenters. The van der Waals surface area contributed by atoms with E-state index in [1.165, 1.54) is 5.56 Å². The number of rotatable bonds is 8. The zero-order chi connectivity index (χ0) is 15.8. The van der Waals surface area contributed by atoms with Crippen molar-refractivity contribution in [1.29, 1.82) is 0 Å². The molecule has 1 aromatic rings. The molecule has 1 heterocycles. The van der Waals surface area contributed by atoms with Gasteiger partial charge in [-0.3, -0.25) is 0 Å². The van der Waals surface area contributed by atoms with Gasteiger partial charge in [0.15, 0.2) is 0 Å². The summed E-state index contributed by atoms with van der Waals surface area (Å²) in [4.78, 5) is 2.21. The summed E-state index contributed by atoms with van der Waals surface area (Å²) < 4.78 is 32.2. The van der Waals surface area contributed by atoms with Crippen LogP contribution >= 0.6 is 0 Å². The number of hydrogen-bond acceptors (Lipinski definition) is 4. The van der Waals surface area contributed by atoms with Crippen molar-refractivity contribution < 1.29 is 13.2 Å². The fourth-order valence-electron chi connectivity index (χ4n) is 2.60. The Labute approximate surface area is 133 Å². The molecular weight excluding hydrogens is 300 g/mol. The van der Waals surface area contributed by atoms with Crippen LogP contribution in [0, 0.1) is 0 Å². The molecule has 1 saturated heterocycles. The first-order chi connectivity index (χ1) is 10.6. The van der Waals surface area contributed by atoms with Gasteiger partial charge in [-0.2, -0.15) is 0 Å². The lowest BCUT2D eigenvalue weighted by atomic mass is 10.1. The van der Waals surface area contributed by atoms with Gasteiger partial charge in [-0.15, -0.1) is 0 Å².